The highest BCUT2D eigenvalue weighted by Gasteiger charge is 2.50. The Morgan fingerprint density at radius 3 is 2.12 bits per heavy atom. The molecule has 2 rings (SSSR count). The van der Waals surface area contributed by atoms with Crippen molar-refractivity contribution in [2.45, 2.75) is 148 Å². The van der Waals surface area contributed by atoms with Crippen LogP contribution in [-0.4, -0.2) is 112 Å². The summed E-state index contributed by atoms with van der Waals surface area (Å²) in [6, 6.07) is -0.434. The number of methoxy groups -OCH3 is 1. The van der Waals surface area contributed by atoms with E-state index < -0.39 is 71.5 Å². The van der Waals surface area contributed by atoms with E-state index in [1.165, 1.54) is 14.0 Å². The molecule has 0 aromatic carbocycles. The summed E-state index contributed by atoms with van der Waals surface area (Å²) >= 11 is 0. The quantitative estimate of drug-likeness (QED) is 0.362. The van der Waals surface area contributed by atoms with Crippen LogP contribution in [-0.2, 0) is 23.7 Å². The maximum Gasteiger partial charge on any atom is 0.311 e. The lowest BCUT2D eigenvalue weighted by Crippen LogP contribution is -2.59. The van der Waals surface area contributed by atoms with Crippen LogP contribution in [0.1, 0.15) is 88.5 Å². The Kier molecular flexibility index (Phi) is 12.3. The second-order valence-corrected chi connectivity index (χ2v) is 13.8. The summed E-state index contributed by atoms with van der Waals surface area (Å²) < 4.78 is 24.1. The smallest absolute Gasteiger partial charge is 0.311 e. The van der Waals surface area contributed by atoms with E-state index >= 15 is 0 Å². The van der Waals surface area contributed by atoms with Gasteiger partial charge in [0.2, 0.25) is 0 Å². The lowest BCUT2D eigenvalue weighted by molar-refractivity contribution is -0.298. The topological polar surface area (TPSA) is 138 Å². The van der Waals surface area contributed by atoms with E-state index in [9.17, 15) is 25.2 Å². The van der Waals surface area contributed by atoms with Gasteiger partial charge in [0.15, 0.2) is 6.29 Å². The number of aliphatic hydroxyl groups excluding tert-OH is 2. The van der Waals surface area contributed by atoms with Gasteiger partial charge in [0.05, 0.1) is 29.3 Å². The molecule has 0 bridgehead atoms. The van der Waals surface area contributed by atoms with Gasteiger partial charge in [0.1, 0.15) is 23.9 Å². The predicted octanol–water partition coefficient (Wildman–Crippen LogP) is 2.73. The lowest BCUT2D eigenvalue weighted by atomic mass is 9.72. The number of cyclic esters (lactones) is 1. The first-order valence-corrected chi connectivity index (χ1v) is 15.3. The molecular weight excluding hydrogens is 530 g/mol. The third-order valence-corrected chi connectivity index (χ3v) is 10.3. The van der Waals surface area contributed by atoms with Crippen molar-refractivity contribution in [1.29, 1.82) is 0 Å². The molecule has 10 nitrogen and oxygen atoms in total. The Labute approximate surface area is 247 Å². The minimum atomic E-state index is -1.71. The van der Waals surface area contributed by atoms with Gasteiger partial charge < -0.3 is 44.3 Å². The summed E-state index contributed by atoms with van der Waals surface area (Å²) in [5.41, 5.74) is -3.71. The van der Waals surface area contributed by atoms with Crippen LogP contribution < -0.4 is 0 Å². The van der Waals surface area contributed by atoms with Gasteiger partial charge in [-0.25, -0.2) is 0 Å². The highest BCUT2D eigenvalue weighted by atomic mass is 16.7. The minimum Gasteiger partial charge on any atom is -0.459 e. The summed E-state index contributed by atoms with van der Waals surface area (Å²) in [4.78, 5) is 15.7. The number of nitrogens with zero attached hydrogens (tertiary/aromatic N) is 1. The number of aliphatic hydroxyl groups is 4. The molecule has 0 spiro atoms. The normalized spacial score (nSPS) is 50.0. The lowest BCUT2D eigenvalue weighted by Gasteiger charge is -2.47. The van der Waals surface area contributed by atoms with Gasteiger partial charge in [-0.15, -0.1) is 0 Å². The van der Waals surface area contributed by atoms with E-state index in [0.29, 0.717) is 19.4 Å². The van der Waals surface area contributed by atoms with E-state index in [1.54, 1.807) is 27.7 Å². The number of ether oxygens (including phenoxy) is 4. The van der Waals surface area contributed by atoms with Crippen molar-refractivity contribution >= 4 is 5.97 Å². The second-order valence-electron chi connectivity index (χ2n) is 13.8. The molecule has 242 valence electrons. The fraction of sp³-hybridized carbons (Fsp3) is 0.968. The number of likely N-dealkylation sites (N-methyl/N-ethyl adjacent to an activating group) is 1. The Balaban J connectivity index is 2.53. The van der Waals surface area contributed by atoms with Gasteiger partial charge >= 0.3 is 5.97 Å². The van der Waals surface area contributed by atoms with Gasteiger partial charge in [-0.3, -0.25) is 4.79 Å². The van der Waals surface area contributed by atoms with E-state index in [4.69, 9.17) is 18.9 Å². The first-order chi connectivity index (χ1) is 18.7. The third-order valence-electron chi connectivity index (χ3n) is 10.3. The van der Waals surface area contributed by atoms with Crippen molar-refractivity contribution in [3.05, 3.63) is 0 Å². The van der Waals surface area contributed by atoms with Crippen molar-refractivity contribution in [1.82, 2.24) is 4.90 Å². The van der Waals surface area contributed by atoms with Crippen LogP contribution >= 0.6 is 0 Å². The molecule has 4 N–H and O–H groups in total. The average Bonchev–Trinajstić information content (AvgIpc) is 2.89. The SMILES string of the molecule is CC[C@H]1OC(=O)[C@H](C)[C@@H](O[C@H]2C[C@@](C)(OC)[C@@H](O)[C@H](C)O2)[C@H](C)[C@@H](C)[C@](C)(O)C[C@@H](C)CN(C)[C@H](C)[C@@H](O)[C@]1(C)O. The molecule has 0 radical (unpaired) electrons. The summed E-state index contributed by atoms with van der Waals surface area (Å²) in [5.74, 6) is -1.90. The van der Waals surface area contributed by atoms with Crippen LogP contribution in [0, 0.1) is 23.7 Å². The number of carbonyl (C=O) groups is 1. The molecule has 0 aromatic heterocycles. The summed E-state index contributed by atoms with van der Waals surface area (Å²) in [6.07, 6.45) is -4.07. The Bertz CT molecular complexity index is 853. The average molecular weight is 590 g/mol. The molecule has 0 aliphatic carbocycles. The molecule has 0 saturated carbocycles. The third kappa shape index (κ3) is 8.01. The van der Waals surface area contributed by atoms with Crippen molar-refractivity contribution in [3.8, 4) is 0 Å². The zero-order chi connectivity index (χ0) is 31.7. The zero-order valence-corrected chi connectivity index (χ0v) is 27.5. The van der Waals surface area contributed by atoms with Crippen LogP contribution in [0.4, 0.5) is 0 Å². The van der Waals surface area contributed by atoms with Crippen LogP contribution in [0.25, 0.3) is 0 Å². The van der Waals surface area contributed by atoms with Crippen LogP contribution in [0.2, 0.25) is 0 Å². The monoisotopic (exact) mass is 589 g/mol. The first kappa shape index (κ1) is 36.3. The number of hydrogen-bond acceptors (Lipinski definition) is 10. The van der Waals surface area contributed by atoms with Crippen LogP contribution in [0.3, 0.4) is 0 Å². The Morgan fingerprint density at radius 1 is 1.00 bits per heavy atom. The minimum absolute atomic E-state index is 0.0671. The standard InChI is InChI=1S/C31H59NO9/c1-13-23-31(10,37)26(33)21(6)32(11)16-17(2)14-29(8,36)20(5)18(3)25(19(4)28(35)40-23)41-24-15-30(9,38-12)27(34)22(7)39-24/h17-27,33-34,36-37H,13-16H2,1-12H3/t17-,18-,19-,20-,21-,22+,23-,24+,25+,26-,27+,29-,30-,31-/m1/s1. The van der Waals surface area contributed by atoms with Crippen molar-refractivity contribution < 1.29 is 44.2 Å². The molecule has 2 aliphatic heterocycles. The van der Waals surface area contributed by atoms with E-state index in [2.05, 4.69) is 6.92 Å². The van der Waals surface area contributed by atoms with Gasteiger partial charge in [-0.2, -0.15) is 0 Å². The van der Waals surface area contributed by atoms with Gasteiger partial charge in [-0.05, 0) is 79.2 Å². The number of hydrogen-bond donors (Lipinski definition) is 4. The highest BCUT2D eigenvalue weighted by molar-refractivity contribution is 5.73. The molecule has 2 fully saturated rings. The van der Waals surface area contributed by atoms with E-state index in [-0.39, 0.29) is 24.2 Å². The molecule has 41 heavy (non-hydrogen) atoms. The number of esters is 1. The molecule has 2 saturated heterocycles. The largest absolute Gasteiger partial charge is 0.459 e. The van der Waals surface area contributed by atoms with Crippen LogP contribution in [0.15, 0.2) is 0 Å². The number of carbonyl (C=O) groups excluding carboxylic acids is 1. The van der Waals surface area contributed by atoms with Crippen molar-refractivity contribution in [2.24, 2.45) is 23.7 Å². The van der Waals surface area contributed by atoms with Crippen molar-refractivity contribution in [3.63, 3.8) is 0 Å². The molecular formula is C31H59NO9. The van der Waals surface area contributed by atoms with E-state index in [0.717, 1.165) is 0 Å². The first-order valence-electron chi connectivity index (χ1n) is 15.3. The number of rotatable bonds is 4. The summed E-state index contributed by atoms with van der Waals surface area (Å²) in [6.45, 7) is 18.8. The Morgan fingerprint density at radius 2 is 1.59 bits per heavy atom. The van der Waals surface area contributed by atoms with E-state index in [1.807, 2.05) is 39.6 Å². The zero-order valence-electron chi connectivity index (χ0n) is 27.5. The molecule has 0 amide bonds. The van der Waals surface area contributed by atoms with Crippen molar-refractivity contribution in [2.75, 3.05) is 20.7 Å². The fourth-order valence-electron chi connectivity index (χ4n) is 6.85. The molecule has 2 heterocycles. The maximum atomic E-state index is 13.7. The molecule has 0 unspecified atom stereocenters. The van der Waals surface area contributed by atoms with Gasteiger partial charge in [0, 0.05) is 26.1 Å². The fourth-order valence-corrected chi connectivity index (χ4v) is 6.85. The highest BCUT2D eigenvalue weighted by Crippen LogP contribution is 2.39. The summed E-state index contributed by atoms with van der Waals surface area (Å²) in [7, 11) is 3.42. The molecule has 2 aliphatic rings. The molecule has 10 heteroatoms. The molecule has 14 atom stereocenters. The summed E-state index contributed by atoms with van der Waals surface area (Å²) in [5, 5.41) is 45.1. The molecule has 0 aromatic rings. The maximum absolute atomic E-state index is 13.7. The van der Waals surface area contributed by atoms with Gasteiger partial charge in [0.25, 0.3) is 0 Å². The van der Waals surface area contributed by atoms with Gasteiger partial charge in [-0.1, -0.05) is 27.7 Å². The van der Waals surface area contributed by atoms with Crippen LogP contribution in [0.5, 0.6) is 0 Å². The Hall–Kier alpha value is -0.850. The second kappa shape index (κ2) is 13.8. The predicted molar refractivity (Wildman–Crippen MR) is 156 cm³/mol.